The van der Waals surface area contributed by atoms with Crippen LogP contribution in [0.1, 0.15) is 13.8 Å². The van der Waals surface area contributed by atoms with E-state index in [9.17, 15) is 9.18 Å². The van der Waals surface area contributed by atoms with Gasteiger partial charge in [0, 0.05) is 17.0 Å². The van der Waals surface area contributed by atoms with E-state index in [1.54, 1.807) is 11.4 Å². The van der Waals surface area contributed by atoms with Gasteiger partial charge in [0.1, 0.15) is 5.82 Å². The Bertz CT molecular complexity index is 678. The molecule has 0 atom stereocenters. The SMILES string of the molecule is CC(C)=CC(=O)Nc1nc(-c2ccc(F)cc2Cl)cs1. The molecule has 0 spiro atoms. The van der Waals surface area contributed by atoms with Crippen molar-refractivity contribution in [3.63, 3.8) is 0 Å². The lowest BCUT2D eigenvalue weighted by Gasteiger charge is -2.00. The van der Waals surface area contributed by atoms with E-state index in [-0.39, 0.29) is 10.9 Å². The fraction of sp³-hybridized carbons (Fsp3) is 0.143. The molecule has 0 unspecified atom stereocenters. The molecule has 0 aliphatic heterocycles. The highest BCUT2D eigenvalue weighted by molar-refractivity contribution is 7.14. The summed E-state index contributed by atoms with van der Waals surface area (Å²) >= 11 is 7.26. The van der Waals surface area contributed by atoms with Gasteiger partial charge in [-0.2, -0.15) is 0 Å². The molecule has 3 nitrogen and oxygen atoms in total. The Morgan fingerprint density at radius 1 is 1.45 bits per heavy atom. The van der Waals surface area contributed by atoms with E-state index in [1.807, 2.05) is 13.8 Å². The fourth-order valence-electron chi connectivity index (χ4n) is 1.56. The number of hydrogen-bond acceptors (Lipinski definition) is 3. The molecule has 1 aromatic carbocycles. The third kappa shape index (κ3) is 3.65. The first kappa shape index (κ1) is 14.7. The smallest absolute Gasteiger partial charge is 0.250 e. The second-order valence-electron chi connectivity index (χ2n) is 4.37. The van der Waals surface area contributed by atoms with Crippen molar-refractivity contribution in [3.05, 3.63) is 46.1 Å². The number of aromatic nitrogens is 1. The highest BCUT2D eigenvalue weighted by atomic mass is 35.5. The molecule has 0 saturated heterocycles. The average Bonchev–Trinajstić information content (AvgIpc) is 2.75. The van der Waals surface area contributed by atoms with Gasteiger partial charge in [0.2, 0.25) is 5.91 Å². The molecule has 6 heteroatoms. The number of nitrogens with zero attached hydrogens (tertiary/aromatic N) is 1. The summed E-state index contributed by atoms with van der Waals surface area (Å²) in [5, 5.41) is 5.19. The lowest BCUT2D eigenvalue weighted by Crippen LogP contribution is -2.07. The van der Waals surface area contributed by atoms with Gasteiger partial charge in [-0.05, 0) is 32.0 Å². The van der Waals surface area contributed by atoms with Crippen LogP contribution >= 0.6 is 22.9 Å². The van der Waals surface area contributed by atoms with Crippen LogP contribution in [0.5, 0.6) is 0 Å². The van der Waals surface area contributed by atoms with E-state index in [2.05, 4.69) is 10.3 Å². The molecule has 0 saturated carbocycles. The number of rotatable bonds is 3. The van der Waals surface area contributed by atoms with Crippen LogP contribution < -0.4 is 5.32 Å². The summed E-state index contributed by atoms with van der Waals surface area (Å²) in [6.45, 7) is 3.68. The highest BCUT2D eigenvalue weighted by Gasteiger charge is 2.10. The quantitative estimate of drug-likeness (QED) is 0.848. The maximum atomic E-state index is 13.0. The Kier molecular flexibility index (Phi) is 4.52. The van der Waals surface area contributed by atoms with Gasteiger partial charge in [-0.1, -0.05) is 17.2 Å². The second-order valence-corrected chi connectivity index (χ2v) is 5.64. The fourth-order valence-corrected chi connectivity index (χ4v) is 2.53. The standard InChI is InChI=1S/C14H12ClFN2OS/c1-8(2)5-13(19)18-14-17-12(7-20-14)10-4-3-9(16)6-11(10)15/h3-7H,1-2H3,(H,17,18,19). The molecular weight excluding hydrogens is 299 g/mol. The maximum Gasteiger partial charge on any atom is 0.250 e. The Balaban J connectivity index is 2.21. The van der Waals surface area contributed by atoms with Crippen LogP contribution in [0.3, 0.4) is 0 Å². The molecule has 1 heterocycles. The monoisotopic (exact) mass is 310 g/mol. The molecule has 1 N–H and O–H groups in total. The summed E-state index contributed by atoms with van der Waals surface area (Å²) in [7, 11) is 0. The van der Waals surface area contributed by atoms with Crippen LogP contribution in [0.25, 0.3) is 11.3 Å². The summed E-state index contributed by atoms with van der Waals surface area (Å²) in [4.78, 5) is 15.9. The molecule has 2 rings (SSSR count). The molecule has 0 aliphatic rings. The van der Waals surface area contributed by atoms with Gasteiger partial charge >= 0.3 is 0 Å². The lowest BCUT2D eigenvalue weighted by atomic mass is 10.2. The van der Waals surface area contributed by atoms with Crippen molar-refractivity contribution in [2.45, 2.75) is 13.8 Å². The summed E-state index contributed by atoms with van der Waals surface area (Å²) in [5.41, 5.74) is 2.14. The maximum absolute atomic E-state index is 13.0. The minimum Gasteiger partial charge on any atom is -0.298 e. The molecule has 0 radical (unpaired) electrons. The first-order chi connectivity index (χ1) is 9.45. The zero-order valence-electron chi connectivity index (χ0n) is 10.9. The second kappa shape index (κ2) is 6.15. The van der Waals surface area contributed by atoms with Crippen molar-refractivity contribution in [2.75, 3.05) is 5.32 Å². The predicted molar refractivity (Wildman–Crippen MR) is 80.6 cm³/mol. The van der Waals surface area contributed by atoms with Crippen molar-refractivity contribution < 1.29 is 9.18 Å². The van der Waals surface area contributed by atoms with Gasteiger partial charge in [-0.3, -0.25) is 10.1 Å². The van der Waals surface area contributed by atoms with Gasteiger partial charge in [-0.15, -0.1) is 11.3 Å². The number of hydrogen-bond donors (Lipinski definition) is 1. The zero-order chi connectivity index (χ0) is 14.7. The van der Waals surface area contributed by atoms with Crippen molar-refractivity contribution in [3.8, 4) is 11.3 Å². The normalized spacial score (nSPS) is 10.2. The number of halogens is 2. The van der Waals surface area contributed by atoms with Gasteiger partial charge in [0.05, 0.1) is 10.7 Å². The number of benzene rings is 1. The van der Waals surface area contributed by atoms with E-state index in [1.165, 1.54) is 29.5 Å². The number of carbonyl (C=O) groups excluding carboxylic acids is 1. The Hall–Kier alpha value is -1.72. The van der Waals surface area contributed by atoms with Crippen LogP contribution in [0.2, 0.25) is 5.02 Å². The van der Waals surface area contributed by atoms with Crippen molar-refractivity contribution >= 4 is 34.0 Å². The molecular formula is C14H12ClFN2OS. The van der Waals surface area contributed by atoms with Crippen LogP contribution in [0.15, 0.2) is 35.2 Å². The molecule has 0 bridgehead atoms. The number of anilines is 1. The van der Waals surface area contributed by atoms with Gasteiger partial charge in [-0.25, -0.2) is 9.37 Å². The summed E-state index contributed by atoms with van der Waals surface area (Å²) < 4.78 is 13.0. The topological polar surface area (TPSA) is 42.0 Å². The molecule has 1 amide bonds. The summed E-state index contributed by atoms with van der Waals surface area (Å²) in [6.07, 6.45) is 1.49. The first-order valence-electron chi connectivity index (χ1n) is 5.82. The Morgan fingerprint density at radius 2 is 2.20 bits per heavy atom. The lowest BCUT2D eigenvalue weighted by molar-refractivity contribution is -0.111. The van der Waals surface area contributed by atoms with Gasteiger partial charge in [0.15, 0.2) is 5.13 Å². The predicted octanol–water partition coefficient (Wildman–Crippen LogP) is 4.51. The molecule has 0 aliphatic carbocycles. The minimum absolute atomic E-state index is 0.226. The summed E-state index contributed by atoms with van der Waals surface area (Å²) in [5.74, 6) is -0.623. The third-order valence-corrected chi connectivity index (χ3v) is 3.43. The van der Waals surface area contributed by atoms with Gasteiger partial charge in [0.25, 0.3) is 0 Å². The molecule has 20 heavy (non-hydrogen) atoms. The zero-order valence-corrected chi connectivity index (χ0v) is 12.5. The largest absolute Gasteiger partial charge is 0.298 e. The number of nitrogens with one attached hydrogen (secondary N) is 1. The molecule has 0 fully saturated rings. The molecule has 1 aromatic heterocycles. The molecule has 2 aromatic rings. The first-order valence-corrected chi connectivity index (χ1v) is 7.08. The van der Waals surface area contributed by atoms with Crippen molar-refractivity contribution in [1.82, 2.24) is 4.98 Å². The number of carbonyl (C=O) groups is 1. The van der Waals surface area contributed by atoms with E-state index in [0.29, 0.717) is 16.4 Å². The number of allylic oxidation sites excluding steroid dienone is 1. The van der Waals surface area contributed by atoms with Crippen molar-refractivity contribution in [1.29, 1.82) is 0 Å². The van der Waals surface area contributed by atoms with Crippen LogP contribution in [-0.4, -0.2) is 10.9 Å². The Morgan fingerprint density at radius 3 is 2.85 bits per heavy atom. The van der Waals surface area contributed by atoms with Crippen LogP contribution in [-0.2, 0) is 4.79 Å². The van der Waals surface area contributed by atoms with Crippen LogP contribution in [0.4, 0.5) is 9.52 Å². The third-order valence-electron chi connectivity index (χ3n) is 2.36. The number of thiazole rings is 1. The van der Waals surface area contributed by atoms with Crippen molar-refractivity contribution in [2.24, 2.45) is 0 Å². The van der Waals surface area contributed by atoms with E-state index in [0.717, 1.165) is 5.57 Å². The average molecular weight is 311 g/mol. The van der Waals surface area contributed by atoms with E-state index >= 15 is 0 Å². The summed E-state index contributed by atoms with van der Waals surface area (Å²) in [6, 6.07) is 4.12. The van der Waals surface area contributed by atoms with Crippen LogP contribution in [0, 0.1) is 5.82 Å². The van der Waals surface area contributed by atoms with E-state index < -0.39 is 5.82 Å². The Labute approximate surface area is 125 Å². The minimum atomic E-state index is -0.397. The number of amides is 1. The highest BCUT2D eigenvalue weighted by Crippen LogP contribution is 2.30. The van der Waals surface area contributed by atoms with Gasteiger partial charge < -0.3 is 0 Å². The van der Waals surface area contributed by atoms with E-state index in [4.69, 9.17) is 11.6 Å². The molecule has 104 valence electrons.